The van der Waals surface area contributed by atoms with Gasteiger partial charge in [-0.15, -0.1) is 11.8 Å². The molecule has 2 atom stereocenters. The molecule has 1 fully saturated rings. The van der Waals surface area contributed by atoms with E-state index < -0.39 is 0 Å². The topological polar surface area (TPSA) is 56.6 Å². The van der Waals surface area contributed by atoms with Crippen molar-refractivity contribution in [1.82, 2.24) is 9.55 Å². The number of hydrogen-bond acceptors (Lipinski definition) is 6. The van der Waals surface area contributed by atoms with E-state index in [0.717, 1.165) is 5.75 Å². The van der Waals surface area contributed by atoms with Gasteiger partial charge in [0.2, 0.25) is 0 Å². The van der Waals surface area contributed by atoms with Crippen LogP contribution in [0.1, 0.15) is 27.0 Å². The van der Waals surface area contributed by atoms with Gasteiger partial charge in [-0.05, 0) is 26.8 Å². The van der Waals surface area contributed by atoms with Crippen molar-refractivity contribution in [2.45, 2.75) is 38.0 Å². The molecule has 1 aromatic rings. The summed E-state index contributed by atoms with van der Waals surface area (Å²) in [6.07, 6.45) is 1.48. The molecular formula is C14H23N3O3S. The quantitative estimate of drug-likeness (QED) is 0.843. The van der Waals surface area contributed by atoms with Crippen molar-refractivity contribution < 1.29 is 9.47 Å². The number of ether oxygens (including phenoxy) is 2. The van der Waals surface area contributed by atoms with Crippen LogP contribution < -0.4 is 10.6 Å². The molecule has 118 valence electrons. The van der Waals surface area contributed by atoms with Crippen molar-refractivity contribution in [3.63, 3.8) is 0 Å². The van der Waals surface area contributed by atoms with Crippen LogP contribution in [-0.4, -0.2) is 47.0 Å². The first-order chi connectivity index (χ1) is 9.82. The third kappa shape index (κ3) is 3.78. The van der Waals surface area contributed by atoms with Gasteiger partial charge in [0.1, 0.15) is 17.5 Å². The first-order valence-electron chi connectivity index (χ1n) is 6.92. The molecule has 1 saturated heterocycles. The van der Waals surface area contributed by atoms with Crippen LogP contribution in [0.2, 0.25) is 0 Å². The van der Waals surface area contributed by atoms with Crippen LogP contribution in [0.4, 0.5) is 5.82 Å². The van der Waals surface area contributed by atoms with E-state index in [1.807, 2.05) is 18.0 Å². The number of anilines is 1. The smallest absolute Gasteiger partial charge is 0.351 e. The van der Waals surface area contributed by atoms with Crippen LogP contribution in [-0.2, 0) is 9.47 Å². The zero-order chi connectivity index (χ0) is 15.6. The molecule has 1 aliphatic rings. The Morgan fingerprint density at radius 1 is 1.57 bits per heavy atom. The van der Waals surface area contributed by atoms with Gasteiger partial charge in [-0.2, -0.15) is 4.98 Å². The van der Waals surface area contributed by atoms with Crippen LogP contribution in [0.15, 0.2) is 17.1 Å². The van der Waals surface area contributed by atoms with Crippen molar-refractivity contribution in [2.24, 2.45) is 0 Å². The lowest BCUT2D eigenvalue weighted by atomic mass is 10.1. The van der Waals surface area contributed by atoms with Gasteiger partial charge in [0, 0.05) is 31.6 Å². The fourth-order valence-corrected chi connectivity index (χ4v) is 3.02. The summed E-state index contributed by atoms with van der Waals surface area (Å²) in [5, 5.41) is 0. The highest BCUT2D eigenvalue weighted by atomic mass is 32.2. The van der Waals surface area contributed by atoms with Gasteiger partial charge in [-0.3, -0.25) is 4.57 Å². The number of rotatable bonds is 4. The number of methoxy groups -OCH3 is 1. The highest BCUT2D eigenvalue weighted by Crippen LogP contribution is 2.31. The second-order valence-corrected chi connectivity index (χ2v) is 7.21. The molecule has 0 N–H and O–H groups in total. The number of thioether (sulfide) groups is 1. The van der Waals surface area contributed by atoms with Gasteiger partial charge < -0.3 is 14.4 Å². The zero-order valence-corrected chi connectivity index (χ0v) is 14.0. The first-order valence-corrected chi connectivity index (χ1v) is 7.97. The molecular weight excluding hydrogens is 290 g/mol. The van der Waals surface area contributed by atoms with Gasteiger partial charge in [0.05, 0.1) is 6.61 Å². The summed E-state index contributed by atoms with van der Waals surface area (Å²) in [6, 6.07) is 1.85. The van der Waals surface area contributed by atoms with E-state index in [4.69, 9.17) is 9.47 Å². The molecule has 7 heteroatoms. The molecule has 1 aliphatic heterocycles. The van der Waals surface area contributed by atoms with E-state index in [-0.39, 0.29) is 22.9 Å². The Morgan fingerprint density at radius 2 is 2.29 bits per heavy atom. The molecule has 0 amide bonds. The Bertz CT molecular complexity index is 541. The zero-order valence-electron chi connectivity index (χ0n) is 13.2. The van der Waals surface area contributed by atoms with E-state index in [1.54, 1.807) is 29.6 Å². The van der Waals surface area contributed by atoms with E-state index in [0.29, 0.717) is 12.4 Å². The summed E-state index contributed by atoms with van der Waals surface area (Å²) in [4.78, 5) is 18.4. The van der Waals surface area contributed by atoms with Crippen molar-refractivity contribution in [3.8, 4) is 0 Å². The Labute approximate surface area is 129 Å². The summed E-state index contributed by atoms with van der Waals surface area (Å²) < 4.78 is 12.4. The highest BCUT2D eigenvalue weighted by Gasteiger charge is 2.28. The lowest BCUT2D eigenvalue weighted by molar-refractivity contribution is -0.0152. The highest BCUT2D eigenvalue weighted by molar-refractivity contribution is 8.00. The van der Waals surface area contributed by atoms with Crippen LogP contribution >= 0.6 is 11.8 Å². The van der Waals surface area contributed by atoms with Gasteiger partial charge >= 0.3 is 5.69 Å². The van der Waals surface area contributed by atoms with Crippen molar-refractivity contribution >= 4 is 17.6 Å². The molecule has 21 heavy (non-hydrogen) atoms. The summed E-state index contributed by atoms with van der Waals surface area (Å²) in [7, 11) is 3.57. The molecule has 0 bridgehead atoms. The second-order valence-electron chi connectivity index (χ2n) is 6.01. The van der Waals surface area contributed by atoms with Crippen molar-refractivity contribution in [3.05, 3.63) is 22.7 Å². The molecule has 2 heterocycles. The average Bonchev–Trinajstić information content (AvgIpc) is 2.85. The molecule has 0 spiro atoms. The van der Waals surface area contributed by atoms with Gasteiger partial charge in [-0.25, -0.2) is 4.79 Å². The number of hydrogen-bond donors (Lipinski definition) is 0. The lowest BCUT2D eigenvalue weighted by Crippen LogP contribution is -2.40. The van der Waals surface area contributed by atoms with Crippen LogP contribution in [0, 0.1) is 0 Å². The predicted molar refractivity (Wildman–Crippen MR) is 84.9 cm³/mol. The fraction of sp³-hybridized carbons (Fsp3) is 0.714. The summed E-state index contributed by atoms with van der Waals surface area (Å²) in [5.74, 6) is 1.40. The summed E-state index contributed by atoms with van der Waals surface area (Å²) in [6.45, 7) is 6.75. The van der Waals surface area contributed by atoms with Crippen LogP contribution in [0.5, 0.6) is 0 Å². The minimum Gasteiger partial charge on any atom is -0.381 e. The van der Waals surface area contributed by atoms with Gasteiger partial charge in [0.15, 0.2) is 0 Å². The Kier molecular flexibility index (Phi) is 4.95. The Hall–Kier alpha value is -1.05. The number of aromatic nitrogens is 2. The molecule has 0 radical (unpaired) electrons. The molecule has 0 aliphatic carbocycles. The average molecular weight is 313 g/mol. The molecule has 1 aromatic heterocycles. The van der Waals surface area contributed by atoms with Crippen molar-refractivity contribution in [1.29, 1.82) is 0 Å². The molecule has 0 saturated carbocycles. The SMILES string of the molecule is COCC1O[C@H](n2ccc(N(C)C(C)(C)C)nc2=O)CS1. The maximum Gasteiger partial charge on any atom is 0.351 e. The summed E-state index contributed by atoms with van der Waals surface area (Å²) >= 11 is 1.65. The Morgan fingerprint density at radius 3 is 2.86 bits per heavy atom. The molecule has 1 unspecified atom stereocenters. The maximum absolute atomic E-state index is 12.2. The van der Waals surface area contributed by atoms with Gasteiger partial charge in [0.25, 0.3) is 0 Å². The Balaban J connectivity index is 2.16. The van der Waals surface area contributed by atoms with Crippen LogP contribution in [0.25, 0.3) is 0 Å². The van der Waals surface area contributed by atoms with E-state index in [2.05, 4.69) is 25.8 Å². The van der Waals surface area contributed by atoms with Crippen LogP contribution in [0.3, 0.4) is 0 Å². The first kappa shape index (κ1) is 16.3. The minimum absolute atomic E-state index is 0.0242. The van der Waals surface area contributed by atoms with E-state index in [9.17, 15) is 4.79 Å². The van der Waals surface area contributed by atoms with E-state index in [1.165, 1.54) is 0 Å². The third-order valence-corrected chi connectivity index (χ3v) is 4.61. The van der Waals surface area contributed by atoms with Crippen molar-refractivity contribution in [2.75, 3.05) is 31.4 Å². The normalized spacial score (nSPS) is 22.5. The third-order valence-electron chi connectivity index (χ3n) is 3.51. The predicted octanol–water partition coefficient (Wildman–Crippen LogP) is 1.71. The monoisotopic (exact) mass is 313 g/mol. The standard InChI is InChI=1S/C14H23N3O3S/c1-14(2,3)16(4)10-6-7-17(13(18)15-10)11-9-21-12(20-11)8-19-5/h6-7,11-12H,8-9H2,1-5H3/t11-,12?/m0/s1. The molecule has 0 aromatic carbocycles. The fourth-order valence-electron chi connectivity index (χ4n) is 1.97. The minimum atomic E-state index is -0.285. The van der Waals surface area contributed by atoms with Gasteiger partial charge in [-0.1, -0.05) is 0 Å². The number of nitrogens with zero attached hydrogens (tertiary/aromatic N) is 3. The lowest BCUT2D eigenvalue weighted by Gasteiger charge is -2.33. The maximum atomic E-state index is 12.2. The summed E-state index contributed by atoms with van der Waals surface area (Å²) in [5.41, 5.74) is -0.398. The largest absolute Gasteiger partial charge is 0.381 e. The van der Waals surface area contributed by atoms with E-state index >= 15 is 0 Å². The molecule has 6 nitrogen and oxygen atoms in total. The molecule has 2 rings (SSSR count). The second kappa shape index (κ2) is 6.37.